The number of pyridine rings is 1. The lowest BCUT2D eigenvalue weighted by Gasteiger charge is -2.28. The zero-order valence-electron chi connectivity index (χ0n) is 27.6. The number of aromatic nitrogens is 2. The Balaban J connectivity index is 1.07. The van der Waals surface area contributed by atoms with E-state index in [1.54, 1.807) is 0 Å². The van der Waals surface area contributed by atoms with Crippen LogP contribution in [0.1, 0.15) is 0 Å². The molecule has 0 spiro atoms. The SMILES string of the molecule is c1ccc(N(c2ccc(-c3nccc4oc5ccccc5c34)cc2)c2ccccc2-c2ccc(-n3c4ccccc4c4ccccc43)cc2)cc1. The van der Waals surface area contributed by atoms with Gasteiger partial charge in [0.1, 0.15) is 11.2 Å². The van der Waals surface area contributed by atoms with Gasteiger partial charge in [-0.3, -0.25) is 4.98 Å². The molecule has 0 fully saturated rings. The summed E-state index contributed by atoms with van der Waals surface area (Å²) in [6, 6.07) is 64.3. The van der Waals surface area contributed by atoms with Crippen LogP contribution in [0.4, 0.5) is 17.1 Å². The van der Waals surface area contributed by atoms with Gasteiger partial charge < -0.3 is 13.9 Å². The van der Waals surface area contributed by atoms with Crippen molar-refractivity contribution in [3.05, 3.63) is 188 Å². The molecule has 10 aromatic rings. The lowest BCUT2D eigenvalue weighted by Crippen LogP contribution is -2.11. The number of anilines is 3. The third kappa shape index (κ3) is 4.80. The summed E-state index contributed by atoms with van der Waals surface area (Å²) in [7, 11) is 0. The molecule has 0 radical (unpaired) electrons. The summed E-state index contributed by atoms with van der Waals surface area (Å²) < 4.78 is 8.52. The van der Waals surface area contributed by atoms with Crippen molar-refractivity contribution in [1.29, 1.82) is 0 Å². The molecule has 0 bridgehead atoms. The van der Waals surface area contributed by atoms with Crippen LogP contribution in [-0.4, -0.2) is 9.55 Å². The fourth-order valence-electron chi connectivity index (χ4n) is 7.57. The molecule has 0 amide bonds. The summed E-state index contributed by atoms with van der Waals surface area (Å²) in [5.74, 6) is 0. The summed E-state index contributed by atoms with van der Waals surface area (Å²) >= 11 is 0. The molecule has 10 rings (SSSR count). The Bertz CT molecular complexity index is 2800. The van der Waals surface area contributed by atoms with Gasteiger partial charge in [0.25, 0.3) is 0 Å². The van der Waals surface area contributed by atoms with E-state index < -0.39 is 0 Å². The molecule has 0 saturated carbocycles. The van der Waals surface area contributed by atoms with Crippen molar-refractivity contribution < 1.29 is 4.42 Å². The molecule has 0 aliphatic carbocycles. The number of furan rings is 1. The van der Waals surface area contributed by atoms with Crippen molar-refractivity contribution in [2.45, 2.75) is 0 Å². The predicted octanol–water partition coefficient (Wildman–Crippen LogP) is 12.9. The second-order valence-corrected chi connectivity index (χ2v) is 12.8. The van der Waals surface area contributed by atoms with Crippen molar-refractivity contribution in [3.63, 3.8) is 0 Å². The molecule has 0 unspecified atom stereocenters. The lowest BCUT2D eigenvalue weighted by atomic mass is 10.0. The number of benzene rings is 7. The van der Waals surface area contributed by atoms with Crippen LogP contribution in [0.25, 0.3) is 71.8 Å². The fourth-order valence-corrected chi connectivity index (χ4v) is 7.57. The van der Waals surface area contributed by atoms with Gasteiger partial charge in [0.2, 0.25) is 0 Å². The molecule has 0 N–H and O–H groups in total. The van der Waals surface area contributed by atoms with Gasteiger partial charge in [0.05, 0.1) is 27.8 Å². The molecular weight excluding hydrogens is 623 g/mol. The molecule has 4 nitrogen and oxygen atoms in total. The Morgan fingerprint density at radius 3 is 1.78 bits per heavy atom. The van der Waals surface area contributed by atoms with Gasteiger partial charge in [0, 0.05) is 50.5 Å². The standard InChI is InChI=1S/C47H31N3O/c1-2-12-34(13-3-1)49(35-28-24-33(25-29-35)47-46-40-17-7-11-21-44(40)51-45(46)30-31-48-47)41-18-8-4-14-37(41)32-22-26-36(27-23-32)50-42-19-9-5-15-38(42)39-16-6-10-20-43(39)50/h1-31H. The number of fused-ring (bicyclic) bond motifs is 6. The van der Waals surface area contributed by atoms with E-state index in [1.807, 2.05) is 30.5 Å². The van der Waals surface area contributed by atoms with Gasteiger partial charge in [0.15, 0.2) is 0 Å². The first-order valence-electron chi connectivity index (χ1n) is 17.2. The van der Waals surface area contributed by atoms with E-state index in [0.29, 0.717) is 0 Å². The van der Waals surface area contributed by atoms with Crippen LogP contribution >= 0.6 is 0 Å². The van der Waals surface area contributed by atoms with Crippen molar-refractivity contribution in [2.75, 3.05) is 4.90 Å². The third-order valence-corrected chi connectivity index (χ3v) is 9.86. The smallest absolute Gasteiger partial charge is 0.139 e. The van der Waals surface area contributed by atoms with Gasteiger partial charge in [-0.1, -0.05) is 115 Å². The summed E-state index contributed by atoms with van der Waals surface area (Å²) in [5, 5.41) is 4.63. The first-order chi connectivity index (χ1) is 25.3. The fraction of sp³-hybridized carbons (Fsp3) is 0. The number of nitrogens with zero attached hydrogens (tertiary/aromatic N) is 3. The van der Waals surface area contributed by atoms with Crippen LogP contribution in [0.15, 0.2) is 193 Å². The van der Waals surface area contributed by atoms with Crippen molar-refractivity contribution in [1.82, 2.24) is 9.55 Å². The van der Waals surface area contributed by atoms with Crippen molar-refractivity contribution >= 4 is 60.8 Å². The molecule has 4 heteroatoms. The minimum Gasteiger partial charge on any atom is -0.456 e. The van der Waals surface area contributed by atoms with Gasteiger partial charge in [-0.2, -0.15) is 0 Å². The van der Waals surface area contributed by atoms with Crippen LogP contribution in [0.2, 0.25) is 0 Å². The summed E-state index contributed by atoms with van der Waals surface area (Å²) in [6.45, 7) is 0. The van der Waals surface area contributed by atoms with Gasteiger partial charge in [-0.15, -0.1) is 0 Å². The molecule has 0 aliphatic heterocycles. The zero-order chi connectivity index (χ0) is 33.7. The van der Waals surface area contributed by atoms with E-state index in [4.69, 9.17) is 9.40 Å². The maximum absolute atomic E-state index is 6.16. The minimum atomic E-state index is 0.842. The topological polar surface area (TPSA) is 34.2 Å². The van der Waals surface area contributed by atoms with Crippen LogP contribution in [0.3, 0.4) is 0 Å². The first kappa shape index (κ1) is 29.0. The molecule has 3 aromatic heterocycles. The largest absolute Gasteiger partial charge is 0.456 e. The van der Waals surface area contributed by atoms with Gasteiger partial charge in [-0.05, 0) is 72.3 Å². The number of hydrogen-bond acceptors (Lipinski definition) is 3. The Labute approximate surface area is 295 Å². The highest BCUT2D eigenvalue weighted by Crippen LogP contribution is 2.42. The maximum Gasteiger partial charge on any atom is 0.139 e. The summed E-state index contributed by atoms with van der Waals surface area (Å²) in [4.78, 5) is 7.16. The van der Waals surface area contributed by atoms with Crippen LogP contribution in [-0.2, 0) is 0 Å². The molecular formula is C47H31N3O. The Morgan fingerprint density at radius 1 is 0.451 bits per heavy atom. The quantitative estimate of drug-likeness (QED) is 0.179. The van der Waals surface area contributed by atoms with E-state index >= 15 is 0 Å². The lowest BCUT2D eigenvalue weighted by molar-refractivity contribution is 0.668. The number of rotatable bonds is 6. The third-order valence-electron chi connectivity index (χ3n) is 9.86. The Morgan fingerprint density at radius 2 is 1.04 bits per heavy atom. The average molecular weight is 654 g/mol. The Kier molecular flexibility index (Phi) is 6.78. The average Bonchev–Trinajstić information content (AvgIpc) is 3.75. The minimum absolute atomic E-state index is 0.842. The van der Waals surface area contributed by atoms with E-state index in [9.17, 15) is 0 Å². The second kappa shape index (κ2) is 11.9. The summed E-state index contributed by atoms with van der Waals surface area (Å²) in [5.41, 5.74) is 12.8. The first-order valence-corrected chi connectivity index (χ1v) is 17.2. The second-order valence-electron chi connectivity index (χ2n) is 12.8. The van der Waals surface area contributed by atoms with Gasteiger partial charge in [-0.25, -0.2) is 0 Å². The molecule has 3 heterocycles. The molecule has 7 aromatic carbocycles. The number of hydrogen-bond donors (Lipinski definition) is 0. The maximum atomic E-state index is 6.16. The molecule has 51 heavy (non-hydrogen) atoms. The van der Waals surface area contributed by atoms with E-state index in [-0.39, 0.29) is 0 Å². The normalized spacial score (nSPS) is 11.5. The van der Waals surface area contributed by atoms with Crippen LogP contribution in [0, 0.1) is 0 Å². The van der Waals surface area contributed by atoms with Crippen molar-refractivity contribution in [3.8, 4) is 28.1 Å². The zero-order valence-corrected chi connectivity index (χ0v) is 27.6. The molecule has 0 atom stereocenters. The van der Waals surface area contributed by atoms with Crippen molar-refractivity contribution in [2.24, 2.45) is 0 Å². The summed E-state index contributed by atoms with van der Waals surface area (Å²) in [6.07, 6.45) is 1.83. The monoisotopic (exact) mass is 653 g/mol. The van der Waals surface area contributed by atoms with E-state index in [0.717, 1.165) is 67.1 Å². The van der Waals surface area contributed by atoms with Gasteiger partial charge >= 0.3 is 0 Å². The Hall–Kier alpha value is -6.91. The molecule has 0 saturated heterocycles. The van der Waals surface area contributed by atoms with Crippen LogP contribution in [0.5, 0.6) is 0 Å². The highest BCUT2D eigenvalue weighted by Gasteiger charge is 2.19. The highest BCUT2D eigenvalue weighted by molar-refractivity contribution is 6.11. The molecule has 240 valence electrons. The van der Waals surface area contributed by atoms with Crippen LogP contribution < -0.4 is 4.90 Å². The highest BCUT2D eigenvalue weighted by atomic mass is 16.3. The number of para-hydroxylation sites is 5. The molecule has 0 aliphatic rings. The predicted molar refractivity (Wildman–Crippen MR) is 211 cm³/mol. The van der Waals surface area contributed by atoms with E-state index in [1.165, 1.54) is 21.8 Å². The van der Waals surface area contributed by atoms with E-state index in [2.05, 4.69) is 167 Å².